The Hall–Kier alpha value is -1.72. The second kappa shape index (κ2) is 6.37. The van der Waals surface area contributed by atoms with Crippen molar-refractivity contribution in [2.45, 2.75) is 32.9 Å². The Balaban J connectivity index is 1.55. The van der Waals surface area contributed by atoms with Crippen LogP contribution in [0.5, 0.6) is 0 Å². The van der Waals surface area contributed by atoms with Gasteiger partial charge in [0.05, 0.1) is 11.2 Å². The average Bonchev–Trinajstić information content (AvgIpc) is 3.09. The fourth-order valence-electron chi connectivity index (χ4n) is 2.53. The van der Waals surface area contributed by atoms with E-state index in [4.69, 9.17) is 0 Å². The Labute approximate surface area is 128 Å². The highest BCUT2D eigenvalue weighted by atomic mass is 32.1. The molecule has 0 unspecified atom stereocenters. The van der Waals surface area contributed by atoms with Crippen molar-refractivity contribution in [2.24, 2.45) is 0 Å². The van der Waals surface area contributed by atoms with E-state index in [0.29, 0.717) is 6.42 Å². The van der Waals surface area contributed by atoms with Crippen molar-refractivity contribution in [3.63, 3.8) is 0 Å². The first-order chi connectivity index (χ1) is 10.2. The Kier molecular flexibility index (Phi) is 4.31. The molecule has 0 bridgehead atoms. The lowest BCUT2D eigenvalue weighted by Gasteiger charge is -2.16. The number of carbonyl (C=O) groups excluding carboxylic acids is 1. The zero-order valence-corrected chi connectivity index (χ0v) is 12.9. The van der Waals surface area contributed by atoms with Crippen molar-refractivity contribution in [3.05, 3.63) is 45.9 Å². The number of nitrogens with one attached hydrogen (secondary N) is 1. The zero-order valence-electron chi connectivity index (χ0n) is 12.1. The van der Waals surface area contributed by atoms with E-state index >= 15 is 0 Å². The van der Waals surface area contributed by atoms with Crippen LogP contribution in [0.1, 0.15) is 29.0 Å². The van der Waals surface area contributed by atoms with Crippen molar-refractivity contribution in [2.75, 3.05) is 11.4 Å². The van der Waals surface area contributed by atoms with Crippen LogP contribution in [0.3, 0.4) is 0 Å². The molecule has 1 aliphatic rings. The predicted molar refractivity (Wildman–Crippen MR) is 85.4 cm³/mol. The second-order valence-corrected chi connectivity index (χ2v) is 6.22. The largest absolute Gasteiger partial charge is 0.312 e. The Bertz CT molecular complexity index is 621. The van der Waals surface area contributed by atoms with Gasteiger partial charge < -0.3 is 10.2 Å². The Morgan fingerprint density at radius 2 is 2.10 bits per heavy atom. The molecule has 4 nitrogen and oxygen atoms in total. The third-order valence-electron chi connectivity index (χ3n) is 3.78. The lowest BCUT2D eigenvalue weighted by molar-refractivity contribution is -0.117. The second-order valence-electron chi connectivity index (χ2n) is 5.28. The minimum atomic E-state index is 0.238. The molecule has 1 aliphatic heterocycles. The molecule has 0 spiro atoms. The maximum Gasteiger partial charge on any atom is 0.227 e. The third kappa shape index (κ3) is 3.31. The molecule has 0 aliphatic carbocycles. The van der Waals surface area contributed by atoms with Gasteiger partial charge in [-0.2, -0.15) is 0 Å². The summed E-state index contributed by atoms with van der Waals surface area (Å²) in [6.45, 7) is 4.56. The smallest absolute Gasteiger partial charge is 0.227 e. The lowest BCUT2D eigenvalue weighted by Crippen LogP contribution is -2.23. The van der Waals surface area contributed by atoms with E-state index < -0.39 is 0 Å². The van der Waals surface area contributed by atoms with Crippen LogP contribution in [0.15, 0.2) is 29.8 Å². The summed E-state index contributed by atoms with van der Waals surface area (Å²) in [6.07, 6.45) is 1.65. The summed E-state index contributed by atoms with van der Waals surface area (Å²) < 4.78 is 0. The number of amides is 1. The van der Waals surface area contributed by atoms with Gasteiger partial charge in [-0.3, -0.25) is 4.79 Å². The third-order valence-corrected chi connectivity index (χ3v) is 4.72. The highest BCUT2D eigenvalue weighted by Crippen LogP contribution is 2.21. The molecule has 0 atom stereocenters. The highest BCUT2D eigenvalue weighted by Gasteiger charge is 2.21. The van der Waals surface area contributed by atoms with Crippen molar-refractivity contribution >= 4 is 22.9 Å². The first-order valence-corrected chi connectivity index (χ1v) is 8.11. The molecule has 1 saturated heterocycles. The lowest BCUT2D eigenvalue weighted by atomic mass is 10.2. The van der Waals surface area contributed by atoms with Crippen molar-refractivity contribution in [1.82, 2.24) is 10.3 Å². The number of rotatable bonds is 5. The first-order valence-electron chi connectivity index (χ1n) is 7.23. The maximum atomic E-state index is 11.7. The summed E-state index contributed by atoms with van der Waals surface area (Å²) in [5, 5.41) is 3.43. The quantitative estimate of drug-likeness (QED) is 0.923. The highest BCUT2D eigenvalue weighted by molar-refractivity contribution is 7.09. The van der Waals surface area contributed by atoms with Crippen molar-refractivity contribution < 1.29 is 4.79 Å². The van der Waals surface area contributed by atoms with Crippen molar-refractivity contribution in [3.8, 4) is 0 Å². The minimum absolute atomic E-state index is 0.238. The number of hydrogen-bond donors (Lipinski definition) is 1. The molecule has 0 radical (unpaired) electrons. The van der Waals surface area contributed by atoms with E-state index in [2.05, 4.69) is 22.4 Å². The summed E-state index contributed by atoms with van der Waals surface area (Å²) in [7, 11) is 0. The van der Waals surface area contributed by atoms with Crippen LogP contribution in [0.25, 0.3) is 0 Å². The summed E-state index contributed by atoms with van der Waals surface area (Å²) in [5.41, 5.74) is 5.23. The molecule has 5 heteroatoms. The van der Waals surface area contributed by atoms with E-state index in [-0.39, 0.29) is 5.91 Å². The maximum absolute atomic E-state index is 11.7. The first kappa shape index (κ1) is 14.2. The number of aryl methyl sites for hydroxylation is 1. The van der Waals surface area contributed by atoms with Gasteiger partial charge in [0.25, 0.3) is 0 Å². The van der Waals surface area contributed by atoms with E-state index in [1.165, 1.54) is 10.4 Å². The van der Waals surface area contributed by atoms with E-state index in [1.807, 2.05) is 29.5 Å². The molecule has 2 aromatic rings. The number of thiazole rings is 1. The monoisotopic (exact) mass is 301 g/mol. The van der Waals surface area contributed by atoms with Crippen LogP contribution in [0.4, 0.5) is 5.69 Å². The summed E-state index contributed by atoms with van der Waals surface area (Å²) in [4.78, 5) is 19.1. The summed E-state index contributed by atoms with van der Waals surface area (Å²) in [5.74, 6) is 0.238. The van der Waals surface area contributed by atoms with Crippen LogP contribution in [-0.2, 0) is 17.9 Å². The molecular weight excluding hydrogens is 282 g/mol. The normalized spacial score (nSPS) is 14.9. The Morgan fingerprint density at radius 1 is 1.29 bits per heavy atom. The Morgan fingerprint density at radius 3 is 2.71 bits per heavy atom. The number of carbonyl (C=O) groups is 1. The van der Waals surface area contributed by atoms with Gasteiger partial charge in [0.2, 0.25) is 5.91 Å². The number of hydrogen-bond acceptors (Lipinski definition) is 4. The molecule has 3 rings (SSSR count). The molecule has 1 fully saturated rings. The summed E-state index contributed by atoms with van der Waals surface area (Å²) in [6, 6.07) is 8.26. The fourth-order valence-corrected chi connectivity index (χ4v) is 3.28. The van der Waals surface area contributed by atoms with E-state index in [0.717, 1.165) is 37.4 Å². The van der Waals surface area contributed by atoms with Gasteiger partial charge in [-0.05, 0) is 31.0 Å². The van der Waals surface area contributed by atoms with Crippen LogP contribution in [0.2, 0.25) is 0 Å². The molecule has 1 amide bonds. The minimum Gasteiger partial charge on any atom is -0.312 e. The van der Waals surface area contributed by atoms with Crippen LogP contribution < -0.4 is 10.2 Å². The van der Waals surface area contributed by atoms with E-state index in [9.17, 15) is 4.79 Å². The topological polar surface area (TPSA) is 45.2 Å². The van der Waals surface area contributed by atoms with Gasteiger partial charge in [0.1, 0.15) is 0 Å². The fraction of sp³-hybridized carbons (Fsp3) is 0.375. The zero-order chi connectivity index (χ0) is 14.7. The van der Waals surface area contributed by atoms with Gasteiger partial charge in [0, 0.05) is 36.6 Å². The van der Waals surface area contributed by atoms with Crippen LogP contribution in [-0.4, -0.2) is 17.4 Å². The molecule has 110 valence electrons. The van der Waals surface area contributed by atoms with Gasteiger partial charge in [-0.1, -0.05) is 12.1 Å². The van der Waals surface area contributed by atoms with Gasteiger partial charge in [-0.15, -0.1) is 11.3 Å². The van der Waals surface area contributed by atoms with Gasteiger partial charge >= 0.3 is 0 Å². The number of aromatic nitrogens is 1. The van der Waals surface area contributed by atoms with E-state index in [1.54, 1.807) is 11.3 Å². The molecule has 1 N–H and O–H groups in total. The molecular formula is C16H19N3OS. The predicted octanol–water partition coefficient (Wildman–Crippen LogP) is 2.87. The molecule has 2 heterocycles. The van der Waals surface area contributed by atoms with Gasteiger partial charge in [-0.25, -0.2) is 4.98 Å². The average molecular weight is 301 g/mol. The van der Waals surface area contributed by atoms with Crippen molar-refractivity contribution in [1.29, 1.82) is 0 Å². The molecule has 0 saturated carbocycles. The molecule has 21 heavy (non-hydrogen) atoms. The van der Waals surface area contributed by atoms with Crippen LogP contribution >= 0.6 is 11.3 Å². The number of anilines is 1. The molecule has 1 aromatic heterocycles. The van der Waals surface area contributed by atoms with Crippen LogP contribution in [0, 0.1) is 6.92 Å². The number of nitrogens with zero attached hydrogens (tertiary/aromatic N) is 2. The molecule has 1 aromatic carbocycles. The van der Waals surface area contributed by atoms with Gasteiger partial charge in [0.15, 0.2) is 0 Å². The SMILES string of the molecule is Cc1ncsc1CNCc1ccc(N2CCCC2=O)cc1. The standard InChI is InChI=1S/C16H19N3OS/c1-12-15(21-11-18-12)10-17-9-13-4-6-14(7-5-13)19-8-2-3-16(19)20/h4-7,11,17H,2-3,8-10H2,1H3. The summed E-state index contributed by atoms with van der Waals surface area (Å²) >= 11 is 1.69. The number of benzene rings is 1.